The lowest BCUT2D eigenvalue weighted by molar-refractivity contribution is -0.116. The molecule has 1 amide bonds. The van der Waals surface area contributed by atoms with Crippen molar-refractivity contribution in [3.63, 3.8) is 0 Å². The fraction of sp³-hybridized carbons (Fsp3) is 0.400. The lowest BCUT2D eigenvalue weighted by Crippen LogP contribution is -2.38. The van der Waals surface area contributed by atoms with Gasteiger partial charge in [-0.2, -0.15) is 4.98 Å². The van der Waals surface area contributed by atoms with Crippen LogP contribution in [0.3, 0.4) is 0 Å². The van der Waals surface area contributed by atoms with Crippen molar-refractivity contribution < 1.29 is 14.7 Å². The van der Waals surface area contributed by atoms with E-state index >= 15 is 0 Å². The molecule has 8 nitrogen and oxygen atoms in total. The average Bonchev–Trinajstić information content (AvgIpc) is 2.87. The van der Waals surface area contributed by atoms with Crippen molar-refractivity contribution in [3.8, 4) is 0 Å². The molecule has 0 atom stereocenters. The van der Waals surface area contributed by atoms with Crippen molar-refractivity contribution in [3.05, 3.63) is 36.0 Å². The van der Waals surface area contributed by atoms with Gasteiger partial charge in [0.1, 0.15) is 5.69 Å². The zero-order valence-electron chi connectivity index (χ0n) is 15.5. The van der Waals surface area contributed by atoms with Gasteiger partial charge in [0.25, 0.3) is 0 Å². The van der Waals surface area contributed by atoms with Gasteiger partial charge in [0.05, 0.1) is 11.8 Å². The van der Waals surface area contributed by atoms with Crippen LogP contribution in [0.4, 0.5) is 23.1 Å². The van der Waals surface area contributed by atoms with Crippen LogP contribution in [0.15, 0.2) is 30.5 Å². The topological polar surface area (TPSA) is 107 Å². The quantitative estimate of drug-likeness (QED) is 0.745. The molecule has 1 saturated carbocycles. The fourth-order valence-electron chi connectivity index (χ4n) is 3.85. The van der Waals surface area contributed by atoms with E-state index in [1.807, 2.05) is 0 Å². The van der Waals surface area contributed by atoms with Gasteiger partial charge in [-0.25, -0.2) is 9.78 Å². The molecule has 3 N–H and O–H groups in total. The number of anilines is 4. The highest BCUT2D eigenvalue weighted by Gasteiger charge is 2.28. The standard InChI is InChI=1S/C20H23N5O3/c26-17-10-11-25(15-4-2-1-3-5-15)18-16(23-17)12-21-20(24-18)22-14-8-6-13(7-9-14)19(27)28/h6-9,12,15H,1-5,10-11H2,(H,23,26)(H,27,28)(H,21,22,24). The summed E-state index contributed by atoms with van der Waals surface area (Å²) in [5.41, 5.74) is 1.56. The van der Waals surface area contributed by atoms with Gasteiger partial charge in [0.2, 0.25) is 11.9 Å². The number of carboxylic acid groups (broad SMARTS) is 1. The SMILES string of the molecule is O=C1CCN(C2CCCCC2)c2nc(Nc3ccc(C(=O)O)cc3)ncc2N1. The molecule has 8 heteroatoms. The van der Waals surface area contributed by atoms with Crippen molar-refractivity contribution >= 4 is 35.0 Å². The van der Waals surface area contributed by atoms with Gasteiger partial charge in [0, 0.05) is 24.7 Å². The van der Waals surface area contributed by atoms with E-state index in [0.29, 0.717) is 36.3 Å². The van der Waals surface area contributed by atoms with Crippen LogP contribution < -0.4 is 15.5 Å². The second-order valence-corrected chi connectivity index (χ2v) is 7.22. The number of benzene rings is 1. The molecule has 2 aromatic rings. The van der Waals surface area contributed by atoms with E-state index in [1.165, 1.54) is 31.4 Å². The number of carbonyl (C=O) groups is 2. The lowest BCUT2D eigenvalue weighted by atomic mass is 9.94. The first-order valence-corrected chi connectivity index (χ1v) is 9.64. The molecule has 146 valence electrons. The van der Waals surface area contributed by atoms with Crippen molar-refractivity contribution in [2.24, 2.45) is 0 Å². The van der Waals surface area contributed by atoms with E-state index in [1.54, 1.807) is 18.3 Å². The number of aromatic nitrogens is 2. The summed E-state index contributed by atoms with van der Waals surface area (Å²) in [4.78, 5) is 34.3. The highest BCUT2D eigenvalue weighted by molar-refractivity contribution is 5.95. The van der Waals surface area contributed by atoms with Crippen LogP contribution >= 0.6 is 0 Å². The average molecular weight is 381 g/mol. The van der Waals surface area contributed by atoms with Crippen LogP contribution in [-0.2, 0) is 4.79 Å². The number of fused-ring (bicyclic) bond motifs is 1. The molecule has 0 bridgehead atoms. The second kappa shape index (κ2) is 7.84. The number of hydrogen-bond donors (Lipinski definition) is 3. The molecule has 1 fully saturated rings. The van der Waals surface area contributed by atoms with Crippen LogP contribution in [0, 0.1) is 0 Å². The fourth-order valence-corrected chi connectivity index (χ4v) is 3.85. The Morgan fingerprint density at radius 1 is 1.18 bits per heavy atom. The first-order chi connectivity index (χ1) is 13.6. The monoisotopic (exact) mass is 381 g/mol. The third kappa shape index (κ3) is 3.90. The summed E-state index contributed by atoms with van der Waals surface area (Å²) in [5, 5.41) is 15.0. The number of rotatable bonds is 4. The Balaban J connectivity index is 1.61. The summed E-state index contributed by atoms with van der Waals surface area (Å²) < 4.78 is 0. The third-order valence-electron chi connectivity index (χ3n) is 5.30. The largest absolute Gasteiger partial charge is 0.478 e. The predicted molar refractivity (Wildman–Crippen MR) is 106 cm³/mol. The number of carbonyl (C=O) groups excluding carboxylic acids is 1. The van der Waals surface area contributed by atoms with Crippen LogP contribution in [0.25, 0.3) is 0 Å². The summed E-state index contributed by atoms with van der Waals surface area (Å²) >= 11 is 0. The molecule has 1 aromatic heterocycles. The number of nitrogens with zero attached hydrogens (tertiary/aromatic N) is 3. The molecule has 0 spiro atoms. The minimum atomic E-state index is -0.966. The molecule has 0 radical (unpaired) electrons. The number of aromatic carboxylic acids is 1. The Morgan fingerprint density at radius 2 is 1.93 bits per heavy atom. The zero-order valence-corrected chi connectivity index (χ0v) is 15.5. The molecule has 1 aliphatic carbocycles. The van der Waals surface area contributed by atoms with Gasteiger partial charge in [-0.1, -0.05) is 19.3 Å². The van der Waals surface area contributed by atoms with Gasteiger partial charge in [0.15, 0.2) is 5.82 Å². The first-order valence-electron chi connectivity index (χ1n) is 9.64. The highest BCUT2D eigenvalue weighted by atomic mass is 16.4. The number of carboxylic acids is 1. The molecule has 2 heterocycles. The summed E-state index contributed by atoms with van der Waals surface area (Å²) in [6, 6.07) is 6.81. The lowest BCUT2D eigenvalue weighted by Gasteiger charge is -2.34. The maximum Gasteiger partial charge on any atom is 0.335 e. The van der Waals surface area contributed by atoms with Gasteiger partial charge in [-0.3, -0.25) is 4.79 Å². The van der Waals surface area contributed by atoms with E-state index in [9.17, 15) is 9.59 Å². The molecule has 2 aliphatic rings. The molecule has 0 saturated heterocycles. The van der Waals surface area contributed by atoms with Crippen LogP contribution in [0.2, 0.25) is 0 Å². The summed E-state index contributed by atoms with van der Waals surface area (Å²) in [6.45, 7) is 0.646. The first kappa shape index (κ1) is 18.2. The number of amides is 1. The Labute approximate surface area is 163 Å². The van der Waals surface area contributed by atoms with Crippen molar-refractivity contribution in [2.75, 3.05) is 22.1 Å². The Kier molecular flexibility index (Phi) is 5.10. The van der Waals surface area contributed by atoms with Crippen LogP contribution in [0.5, 0.6) is 0 Å². The van der Waals surface area contributed by atoms with Crippen LogP contribution in [-0.4, -0.2) is 39.5 Å². The minimum Gasteiger partial charge on any atom is -0.478 e. The third-order valence-corrected chi connectivity index (χ3v) is 5.30. The normalized spacial score (nSPS) is 17.4. The Bertz CT molecular complexity index is 878. The van der Waals surface area contributed by atoms with Gasteiger partial charge in [-0.05, 0) is 37.1 Å². The smallest absolute Gasteiger partial charge is 0.335 e. The molecule has 28 heavy (non-hydrogen) atoms. The summed E-state index contributed by atoms with van der Waals surface area (Å²) in [6.07, 6.45) is 7.95. The summed E-state index contributed by atoms with van der Waals surface area (Å²) in [7, 11) is 0. The van der Waals surface area contributed by atoms with E-state index in [0.717, 1.165) is 18.7 Å². The maximum absolute atomic E-state index is 12.1. The molecule has 1 aromatic carbocycles. The Morgan fingerprint density at radius 3 is 2.64 bits per heavy atom. The van der Waals surface area contributed by atoms with Crippen molar-refractivity contribution in [1.82, 2.24) is 9.97 Å². The van der Waals surface area contributed by atoms with Crippen molar-refractivity contribution in [1.29, 1.82) is 0 Å². The predicted octanol–water partition coefficient (Wildman–Crippen LogP) is 3.40. The minimum absolute atomic E-state index is 0.0203. The van der Waals surface area contributed by atoms with Gasteiger partial charge >= 0.3 is 5.97 Å². The number of hydrogen-bond acceptors (Lipinski definition) is 6. The highest BCUT2D eigenvalue weighted by Crippen LogP contribution is 2.33. The molecular weight excluding hydrogens is 358 g/mol. The second-order valence-electron chi connectivity index (χ2n) is 7.22. The molecular formula is C20H23N5O3. The van der Waals surface area contributed by atoms with Crippen molar-refractivity contribution in [2.45, 2.75) is 44.6 Å². The van der Waals surface area contributed by atoms with E-state index in [-0.39, 0.29) is 11.5 Å². The van der Waals surface area contributed by atoms with E-state index < -0.39 is 5.97 Å². The zero-order chi connectivity index (χ0) is 19.5. The molecule has 4 rings (SSSR count). The maximum atomic E-state index is 12.1. The molecule has 0 unspecified atom stereocenters. The van der Waals surface area contributed by atoms with Crippen LogP contribution in [0.1, 0.15) is 48.9 Å². The van der Waals surface area contributed by atoms with E-state index in [2.05, 4.69) is 25.5 Å². The van der Waals surface area contributed by atoms with E-state index in [4.69, 9.17) is 5.11 Å². The number of nitrogens with one attached hydrogen (secondary N) is 2. The Hall–Kier alpha value is -3.16. The summed E-state index contributed by atoms with van der Waals surface area (Å²) in [5.74, 6) is 0.177. The van der Waals surface area contributed by atoms with Gasteiger partial charge < -0.3 is 20.6 Å². The van der Waals surface area contributed by atoms with Gasteiger partial charge in [-0.15, -0.1) is 0 Å². The molecule has 1 aliphatic heterocycles.